The summed E-state index contributed by atoms with van der Waals surface area (Å²) in [5.41, 5.74) is 2.06. The van der Waals surface area contributed by atoms with Crippen LogP contribution in [0, 0.1) is 0 Å². The molecule has 1 aliphatic heterocycles. The van der Waals surface area contributed by atoms with Crippen molar-refractivity contribution < 1.29 is 5.11 Å². The van der Waals surface area contributed by atoms with Gasteiger partial charge in [-0.05, 0) is 36.6 Å². The van der Waals surface area contributed by atoms with Crippen LogP contribution in [0.3, 0.4) is 0 Å². The molecule has 1 saturated heterocycles. The van der Waals surface area contributed by atoms with Crippen molar-refractivity contribution in [2.75, 3.05) is 6.54 Å². The molecule has 1 aromatic rings. The van der Waals surface area contributed by atoms with Gasteiger partial charge >= 0.3 is 0 Å². The Balaban J connectivity index is 2.20. The smallest absolute Gasteiger partial charge is 0.0696 e. The van der Waals surface area contributed by atoms with E-state index >= 15 is 0 Å². The van der Waals surface area contributed by atoms with Crippen molar-refractivity contribution in [1.82, 2.24) is 5.32 Å². The zero-order valence-electron chi connectivity index (χ0n) is 8.67. The lowest BCUT2D eigenvalue weighted by Gasteiger charge is -2.24. The zero-order chi connectivity index (χ0) is 10.7. The predicted octanol–water partition coefficient (Wildman–Crippen LogP) is 2.65. The van der Waals surface area contributed by atoms with Gasteiger partial charge in [-0.15, -0.1) is 0 Å². The van der Waals surface area contributed by atoms with Crippen molar-refractivity contribution in [3.05, 3.63) is 34.3 Å². The molecule has 0 amide bonds. The first-order valence-electron chi connectivity index (χ1n) is 5.44. The Morgan fingerprint density at radius 2 is 2.27 bits per heavy atom. The maximum absolute atomic E-state index is 9.14. The molecule has 3 heteroatoms. The molecule has 1 fully saturated rings. The van der Waals surface area contributed by atoms with E-state index in [1.165, 1.54) is 24.8 Å². The third kappa shape index (κ3) is 2.51. The number of hydrogen-bond donors (Lipinski definition) is 2. The van der Waals surface area contributed by atoms with Gasteiger partial charge in [0.25, 0.3) is 0 Å². The summed E-state index contributed by atoms with van der Waals surface area (Å²) in [4.78, 5) is 0. The van der Waals surface area contributed by atoms with Gasteiger partial charge in [-0.25, -0.2) is 0 Å². The summed E-state index contributed by atoms with van der Waals surface area (Å²) in [6.07, 6.45) is 3.71. The van der Waals surface area contributed by atoms with Gasteiger partial charge in [0.15, 0.2) is 0 Å². The van der Waals surface area contributed by atoms with Gasteiger partial charge in [-0.2, -0.15) is 0 Å². The number of benzene rings is 1. The molecule has 1 heterocycles. The third-order valence-electron chi connectivity index (χ3n) is 2.95. The van der Waals surface area contributed by atoms with Crippen molar-refractivity contribution in [2.45, 2.75) is 31.9 Å². The van der Waals surface area contributed by atoms with Gasteiger partial charge < -0.3 is 10.4 Å². The predicted molar refractivity (Wildman–Crippen MR) is 62.0 cm³/mol. The second-order valence-electron chi connectivity index (χ2n) is 4.01. The first-order chi connectivity index (χ1) is 7.31. The van der Waals surface area contributed by atoms with Crippen LogP contribution in [-0.2, 0) is 6.61 Å². The molecule has 2 N–H and O–H groups in total. The van der Waals surface area contributed by atoms with Gasteiger partial charge in [-0.1, -0.05) is 30.2 Å². The number of aliphatic hydroxyl groups excluding tert-OH is 1. The van der Waals surface area contributed by atoms with Crippen LogP contribution in [0.15, 0.2) is 18.2 Å². The summed E-state index contributed by atoms with van der Waals surface area (Å²) < 4.78 is 0. The van der Waals surface area contributed by atoms with E-state index in [1.54, 1.807) is 0 Å². The molecule has 0 saturated carbocycles. The first kappa shape index (κ1) is 10.9. The first-order valence-corrected chi connectivity index (χ1v) is 5.81. The maximum atomic E-state index is 9.14. The number of rotatable bonds is 2. The van der Waals surface area contributed by atoms with Gasteiger partial charge in [0.05, 0.1) is 6.61 Å². The van der Waals surface area contributed by atoms with Crippen molar-refractivity contribution in [3.8, 4) is 0 Å². The van der Waals surface area contributed by atoms with E-state index < -0.39 is 0 Å². The van der Waals surface area contributed by atoms with E-state index in [0.717, 1.165) is 12.1 Å². The summed E-state index contributed by atoms with van der Waals surface area (Å²) >= 11 is 5.95. The fourth-order valence-electron chi connectivity index (χ4n) is 2.07. The molecule has 1 aliphatic rings. The van der Waals surface area contributed by atoms with Crippen LogP contribution >= 0.6 is 11.6 Å². The summed E-state index contributed by atoms with van der Waals surface area (Å²) in [7, 11) is 0. The average Bonchev–Trinajstić information content (AvgIpc) is 2.31. The molecule has 0 spiro atoms. The monoisotopic (exact) mass is 225 g/mol. The number of aliphatic hydroxyl groups is 1. The average molecular weight is 226 g/mol. The minimum absolute atomic E-state index is 0.0133. The van der Waals surface area contributed by atoms with Gasteiger partial charge in [0.2, 0.25) is 0 Å². The van der Waals surface area contributed by atoms with Crippen molar-refractivity contribution in [1.29, 1.82) is 0 Å². The summed E-state index contributed by atoms with van der Waals surface area (Å²) in [5.74, 6) is 0. The molecule has 2 nitrogen and oxygen atoms in total. The fourth-order valence-corrected chi connectivity index (χ4v) is 2.25. The van der Waals surface area contributed by atoms with E-state index in [4.69, 9.17) is 16.7 Å². The molecule has 1 atom stereocenters. The van der Waals surface area contributed by atoms with E-state index in [2.05, 4.69) is 5.32 Å². The normalized spacial score (nSPS) is 21.6. The summed E-state index contributed by atoms with van der Waals surface area (Å²) in [6.45, 7) is 1.10. The molecule has 0 radical (unpaired) electrons. The topological polar surface area (TPSA) is 32.3 Å². The fraction of sp³-hybridized carbons (Fsp3) is 0.500. The number of halogens is 1. The molecule has 0 aromatic heterocycles. The highest BCUT2D eigenvalue weighted by Gasteiger charge is 2.15. The summed E-state index contributed by atoms with van der Waals surface area (Å²) in [5, 5.41) is 13.3. The van der Waals surface area contributed by atoms with Gasteiger partial charge in [0.1, 0.15) is 0 Å². The second-order valence-corrected chi connectivity index (χ2v) is 4.42. The highest BCUT2D eigenvalue weighted by atomic mass is 35.5. The Morgan fingerprint density at radius 1 is 1.40 bits per heavy atom. The number of piperidine rings is 1. The van der Waals surface area contributed by atoms with Gasteiger partial charge in [0, 0.05) is 11.1 Å². The van der Waals surface area contributed by atoms with Crippen molar-refractivity contribution in [2.24, 2.45) is 0 Å². The Hall–Kier alpha value is -0.570. The summed E-state index contributed by atoms with van der Waals surface area (Å²) in [6, 6.07) is 6.36. The zero-order valence-corrected chi connectivity index (χ0v) is 9.43. The molecule has 82 valence electrons. The molecule has 15 heavy (non-hydrogen) atoms. The largest absolute Gasteiger partial charge is 0.392 e. The van der Waals surface area contributed by atoms with E-state index in [9.17, 15) is 0 Å². The lowest BCUT2D eigenvalue weighted by Crippen LogP contribution is -2.26. The standard InChI is InChI=1S/C12H16ClNO/c13-11-5-4-9(7-10(11)8-15)12-3-1-2-6-14-12/h4-5,7,12,14-15H,1-3,6,8H2. The minimum Gasteiger partial charge on any atom is -0.392 e. The molecular weight excluding hydrogens is 210 g/mol. The lowest BCUT2D eigenvalue weighted by molar-refractivity contribution is 0.281. The SMILES string of the molecule is OCc1cc(C2CCCCN2)ccc1Cl. The van der Waals surface area contributed by atoms with Crippen LogP contribution in [0.25, 0.3) is 0 Å². The van der Waals surface area contributed by atoms with Crippen LogP contribution in [0.1, 0.15) is 36.4 Å². The molecule has 0 aliphatic carbocycles. The minimum atomic E-state index is 0.0133. The van der Waals surface area contributed by atoms with E-state index in [-0.39, 0.29) is 6.61 Å². The molecule has 1 unspecified atom stereocenters. The second kappa shape index (κ2) is 4.97. The van der Waals surface area contributed by atoms with E-state index in [0.29, 0.717) is 11.1 Å². The van der Waals surface area contributed by atoms with E-state index in [1.807, 2.05) is 18.2 Å². The molecule has 0 bridgehead atoms. The van der Waals surface area contributed by atoms with Crippen LogP contribution in [-0.4, -0.2) is 11.7 Å². The third-order valence-corrected chi connectivity index (χ3v) is 3.32. The number of hydrogen-bond acceptors (Lipinski definition) is 2. The highest BCUT2D eigenvalue weighted by Crippen LogP contribution is 2.26. The Labute approximate surface area is 95.3 Å². The number of nitrogens with one attached hydrogen (secondary N) is 1. The van der Waals surface area contributed by atoms with Crippen LogP contribution in [0.5, 0.6) is 0 Å². The Morgan fingerprint density at radius 3 is 2.93 bits per heavy atom. The Kier molecular flexibility index (Phi) is 3.62. The molecular formula is C12H16ClNO. The molecule has 2 rings (SSSR count). The lowest BCUT2D eigenvalue weighted by atomic mass is 9.96. The molecule has 1 aromatic carbocycles. The van der Waals surface area contributed by atoms with Crippen LogP contribution in [0.4, 0.5) is 0 Å². The van der Waals surface area contributed by atoms with Crippen LogP contribution in [0.2, 0.25) is 5.02 Å². The Bertz CT molecular complexity index is 334. The van der Waals surface area contributed by atoms with Crippen LogP contribution < -0.4 is 5.32 Å². The van der Waals surface area contributed by atoms with Crippen molar-refractivity contribution >= 4 is 11.6 Å². The van der Waals surface area contributed by atoms with Crippen molar-refractivity contribution in [3.63, 3.8) is 0 Å². The van der Waals surface area contributed by atoms with Gasteiger partial charge in [-0.3, -0.25) is 0 Å². The highest BCUT2D eigenvalue weighted by molar-refractivity contribution is 6.31. The maximum Gasteiger partial charge on any atom is 0.0696 e. The quantitative estimate of drug-likeness (QED) is 0.811.